The number of methoxy groups -OCH3 is 1. The molecule has 8 nitrogen and oxygen atoms in total. The van der Waals surface area contributed by atoms with Crippen molar-refractivity contribution in [3.63, 3.8) is 0 Å². The molecule has 0 saturated carbocycles. The van der Waals surface area contributed by atoms with E-state index in [1.807, 2.05) is 24.3 Å². The number of aryl methyl sites for hydroxylation is 1. The number of aromatic nitrogens is 2. The number of nitrogens with one attached hydrogen (secondary N) is 1. The summed E-state index contributed by atoms with van der Waals surface area (Å²) in [5.41, 5.74) is 9.72. The maximum absolute atomic E-state index is 15.6. The van der Waals surface area contributed by atoms with Crippen molar-refractivity contribution in [1.29, 1.82) is 0 Å². The molecular formula is C33H28F2N4O4. The fourth-order valence-electron chi connectivity index (χ4n) is 4.63. The Balaban J connectivity index is 1.39. The van der Waals surface area contributed by atoms with Crippen LogP contribution in [-0.2, 0) is 4.74 Å². The summed E-state index contributed by atoms with van der Waals surface area (Å²) in [6.07, 6.45) is 3.16. The molecule has 5 aromatic rings. The molecule has 0 atom stereocenters. The quantitative estimate of drug-likeness (QED) is 0.122. The Hall–Kier alpha value is -5.35. The molecule has 0 spiro atoms. The normalized spacial score (nSPS) is 11.9. The van der Waals surface area contributed by atoms with Gasteiger partial charge in [0.1, 0.15) is 17.1 Å². The second-order valence-corrected chi connectivity index (χ2v) is 9.64. The number of ether oxygens (including phenoxy) is 2. The summed E-state index contributed by atoms with van der Waals surface area (Å²) in [7, 11) is 1.62. The van der Waals surface area contributed by atoms with Crippen molar-refractivity contribution in [1.82, 2.24) is 9.97 Å². The number of hydrogen-bond donors (Lipinski definition) is 3. The Kier molecular flexibility index (Phi) is 8.59. The molecule has 0 unspecified atom stereocenters. The van der Waals surface area contributed by atoms with Crippen molar-refractivity contribution in [2.45, 2.75) is 6.92 Å². The number of halogens is 2. The Bertz CT molecular complexity index is 1850. The number of allylic oxidation sites excluding steroid dienone is 1. The van der Waals surface area contributed by atoms with Gasteiger partial charge in [0.15, 0.2) is 5.82 Å². The molecular weight excluding hydrogens is 554 g/mol. The van der Waals surface area contributed by atoms with Gasteiger partial charge in [-0.25, -0.2) is 13.6 Å². The second-order valence-electron chi connectivity index (χ2n) is 9.64. The number of aliphatic imine (C=N–C) groups is 1. The Morgan fingerprint density at radius 3 is 2.35 bits per heavy atom. The third-order valence-electron chi connectivity index (χ3n) is 6.82. The summed E-state index contributed by atoms with van der Waals surface area (Å²) < 4.78 is 41.5. The first-order valence-electron chi connectivity index (χ1n) is 13.3. The lowest BCUT2D eigenvalue weighted by Gasteiger charge is -2.09. The number of carboxylic acid groups (broad SMARTS) is 1. The summed E-state index contributed by atoms with van der Waals surface area (Å²) in [5.74, 6) is -2.53. The number of nitrogens with two attached hydrogens (primary N) is 1. The van der Waals surface area contributed by atoms with E-state index in [-0.39, 0.29) is 33.9 Å². The van der Waals surface area contributed by atoms with Gasteiger partial charge >= 0.3 is 5.97 Å². The van der Waals surface area contributed by atoms with Crippen LogP contribution in [0.1, 0.15) is 21.5 Å². The number of carboxylic acids is 1. The number of carbonyl (C=O) groups is 1. The van der Waals surface area contributed by atoms with E-state index in [0.717, 1.165) is 28.5 Å². The maximum atomic E-state index is 15.6. The molecule has 43 heavy (non-hydrogen) atoms. The number of H-pyrrole nitrogens is 1. The SMILES string of the molecule is COCCN=C(C=CN)c1ccc(-c2ccc(-c3c(F)cc4[nH]c(Oc5ccc(C)c(C(=O)O)c5)nc4c3F)cc2)cc1. The van der Waals surface area contributed by atoms with Gasteiger partial charge in [0.25, 0.3) is 6.01 Å². The Morgan fingerprint density at radius 1 is 1.02 bits per heavy atom. The van der Waals surface area contributed by atoms with Crippen molar-refractivity contribution in [3.05, 3.63) is 113 Å². The van der Waals surface area contributed by atoms with Gasteiger partial charge in [-0.15, -0.1) is 0 Å². The summed E-state index contributed by atoms with van der Waals surface area (Å²) in [4.78, 5) is 22.9. The van der Waals surface area contributed by atoms with E-state index in [1.54, 1.807) is 56.5 Å². The largest absolute Gasteiger partial charge is 0.478 e. The van der Waals surface area contributed by atoms with Crippen LogP contribution >= 0.6 is 0 Å². The summed E-state index contributed by atoms with van der Waals surface area (Å²) in [6.45, 7) is 2.67. The van der Waals surface area contributed by atoms with Crippen LogP contribution in [0.25, 0.3) is 33.3 Å². The van der Waals surface area contributed by atoms with Crippen LogP contribution in [0.15, 0.2) is 90.1 Å². The minimum Gasteiger partial charge on any atom is -0.478 e. The maximum Gasteiger partial charge on any atom is 0.336 e. The van der Waals surface area contributed by atoms with E-state index >= 15 is 8.78 Å². The van der Waals surface area contributed by atoms with Crippen LogP contribution in [-0.4, -0.2) is 47.0 Å². The smallest absolute Gasteiger partial charge is 0.336 e. The summed E-state index contributed by atoms with van der Waals surface area (Å²) in [6, 6.07) is 20.2. The predicted octanol–water partition coefficient (Wildman–Crippen LogP) is 6.88. The van der Waals surface area contributed by atoms with Crippen LogP contribution in [0.5, 0.6) is 11.8 Å². The van der Waals surface area contributed by atoms with Crippen LogP contribution in [0.3, 0.4) is 0 Å². The molecule has 1 heterocycles. The van der Waals surface area contributed by atoms with E-state index in [2.05, 4.69) is 15.0 Å². The lowest BCUT2D eigenvalue weighted by Crippen LogP contribution is -2.02. The molecule has 0 aliphatic carbocycles. The molecule has 0 fully saturated rings. The molecule has 10 heteroatoms. The fraction of sp³-hybridized carbons (Fsp3) is 0.121. The van der Waals surface area contributed by atoms with Gasteiger partial charge in [-0.1, -0.05) is 54.6 Å². The molecule has 0 aliphatic rings. The average Bonchev–Trinajstić information content (AvgIpc) is 3.40. The number of hydrogen-bond acceptors (Lipinski definition) is 6. The number of benzene rings is 4. The van der Waals surface area contributed by atoms with E-state index in [1.165, 1.54) is 12.3 Å². The number of aromatic amines is 1. The van der Waals surface area contributed by atoms with Gasteiger partial charge in [0.2, 0.25) is 0 Å². The topological polar surface area (TPSA) is 123 Å². The Labute approximate surface area is 246 Å². The number of fused-ring (bicyclic) bond motifs is 1. The second kappa shape index (κ2) is 12.7. The van der Waals surface area contributed by atoms with Crippen molar-refractivity contribution in [2.75, 3.05) is 20.3 Å². The standard InChI is InChI=1S/C33H28F2N4O4/c1-19-3-12-24(17-25(19)32(40)41)43-33-38-28-18-26(34)29(30(35)31(28)39-33)23-10-6-21(7-11-23)20-4-8-22(9-5-20)27(13-14-36)37-15-16-42-2/h3-14,17-18H,15-16,36H2,1-2H3,(H,38,39)(H,40,41). The van der Waals surface area contributed by atoms with Crippen LogP contribution in [0, 0.1) is 18.6 Å². The number of nitrogens with zero attached hydrogens (tertiary/aromatic N) is 2. The minimum absolute atomic E-state index is 0.0628. The van der Waals surface area contributed by atoms with Gasteiger partial charge in [0.05, 0.1) is 35.5 Å². The highest BCUT2D eigenvalue weighted by molar-refractivity contribution is 6.08. The van der Waals surface area contributed by atoms with Gasteiger partial charge in [-0.05, 0) is 59.1 Å². The fourth-order valence-corrected chi connectivity index (χ4v) is 4.63. The summed E-state index contributed by atoms with van der Waals surface area (Å²) >= 11 is 0. The predicted molar refractivity (Wildman–Crippen MR) is 162 cm³/mol. The van der Waals surface area contributed by atoms with Crippen molar-refractivity contribution in [2.24, 2.45) is 10.7 Å². The van der Waals surface area contributed by atoms with Crippen LogP contribution in [0.2, 0.25) is 0 Å². The highest BCUT2D eigenvalue weighted by Gasteiger charge is 2.20. The Morgan fingerprint density at radius 2 is 1.70 bits per heavy atom. The van der Waals surface area contributed by atoms with E-state index in [0.29, 0.717) is 24.3 Å². The first kappa shape index (κ1) is 29.2. The minimum atomic E-state index is -1.11. The van der Waals surface area contributed by atoms with Crippen molar-refractivity contribution < 1.29 is 28.2 Å². The molecule has 218 valence electrons. The first-order chi connectivity index (χ1) is 20.8. The molecule has 4 aromatic carbocycles. The summed E-state index contributed by atoms with van der Waals surface area (Å²) in [5, 5.41) is 9.36. The third-order valence-corrected chi connectivity index (χ3v) is 6.82. The number of rotatable bonds is 10. The average molecular weight is 583 g/mol. The molecule has 1 aromatic heterocycles. The zero-order valence-electron chi connectivity index (χ0n) is 23.4. The first-order valence-corrected chi connectivity index (χ1v) is 13.3. The highest BCUT2D eigenvalue weighted by Crippen LogP contribution is 2.34. The highest BCUT2D eigenvalue weighted by atomic mass is 19.1. The van der Waals surface area contributed by atoms with E-state index < -0.39 is 17.6 Å². The monoisotopic (exact) mass is 582 g/mol. The van der Waals surface area contributed by atoms with Gasteiger partial charge in [0, 0.05) is 13.2 Å². The van der Waals surface area contributed by atoms with Gasteiger partial charge < -0.3 is 25.3 Å². The zero-order valence-corrected chi connectivity index (χ0v) is 23.4. The molecule has 0 bridgehead atoms. The van der Waals surface area contributed by atoms with Gasteiger partial charge in [-0.3, -0.25) is 4.99 Å². The zero-order chi connectivity index (χ0) is 30.5. The molecule has 4 N–H and O–H groups in total. The molecule has 5 rings (SSSR count). The lowest BCUT2D eigenvalue weighted by molar-refractivity contribution is 0.0695. The molecule has 0 saturated heterocycles. The van der Waals surface area contributed by atoms with Gasteiger partial charge in [-0.2, -0.15) is 4.98 Å². The van der Waals surface area contributed by atoms with E-state index in [4.69, 9.17) is 15.2 Å². The third kappa shape index (κ3) is 6.29. The molecule has 0 amide bonds. The van der Waals surface area contributed by atoms with Crippen LogP contribution < -0.4 is 10.5 Å². The molecule has 0 radical (unpaired) electrons. The lowest BCUT2D eigenvalue weighted by atomic mass is 9.98. The number of imidazole rings is 1. The van der Waals surface area contributed by atoms with Crippen molar-refractivity contribution in [3.8, 4) is 34.0 Å². The molecule has 0 aliphatic heterocycles. The van der Waals surface area contributed by atoms with E-state index in [9.17, 15) is 9.90 Å². The number of aromatic carboxylic acids is 1. The van der Waals surface area contributed by atoms with Crippen molar-refractivity contribution >= 4 is 22.7 Å². The van der Waals surface area contributed by atoms with Crippen LogP contribution in [0.4, 0.5) is 8.78 Å².